The van der Waals surface area contributed by atoms with E-state index < -0.39 is 0 Å². The lowest BCUT2D eigenvalue weighted by molar-refractivity contribution is -0.0818. The molecule has 0 spiro atoms. The van der Waals surface area contributed by atoms with E-state index in [2.05, 4.69) is 36.7 Å². The largest absolute Gasteiger partial charge is 0.382 e. The molecule has 1 aliphatic carbocycles. The van der Waals surface area contributed by atoms with Crippen molar-refractivity contribution in [3.63, 3.8) is 0 Å². The molecule has 0 unspecified atom stereocenters. The van der Waals surface area contributed by atoms with Crippen LogP contribution in [-0.2, 0) is 9.47 Å². The maximum Gasteiger partial charge on any atom is 0.0780 e. The summed E-state index contributed by atoms with van der Waals surface area (Å²) < 4.78 is 11.1. The second kappa shape index (κ2) is 6.53. The fourth-order valence-electron chi connectivity index (χ4n) is 2.67. The number of ether oxygens (including phenoxy) is 2. The summed E-state index contributed by atoms with van der Waals surface area (Å²) in [4.78, 5) is 0. The molecular weight excluding hydrogens is 280 g/mol. The molecule has 0 atom stereocenters. The fraction of sp³-hybridized carbons (Fsp3) is 1.00. The minimum atomic E-state index is 0.0558. The molecule has 1 saturated carbocycles. The van der Waals surface area contributed by atoms with Crippen molar-refractivity contribution < 1.29 is 9.47 Å². The van der Waals surface area contributed by atoms with E-state index in [0.717, 1.165) is 11.2 Å². The summed E-state index contributed by atoms with van der Waals surface area (Å²) in [7, 11) is 1.72. The van der Waals surface area contributed by atoms with E-state index in [0.29, 0.717) is 18.6 Å². The standard InChI is InChI=1S/C14H27BrO2/c1-13(2,3)12-5-7-14(11-15,8-6-12)17-10-9-16-4/h12H,5-11H2,1-4H3. The Morgan fingerprint density at radius 1 is 1.18 bits per heavy atom. The lowest BCUT2D eigenvalue weighted by atomic mass is 9.69. The maximum absolute atomic E-state index is 6.05. The third-order valence-corrected chi connectivity index (χ3v) is 5.08. The van der Waals surface area contributed by atoms with Crippen molar-refractivity contribution in [2.45, 2.75) is 52.1 Å². The predicted octanol–water partition coefficient (Wildman–Crippen LogP) is 4.02. The Balaban J connectivity index is 2.45. The van der Waals surface area contributed by atoms with Crippen molar-refractivity contribution in [3.8, 4) is 0 Å². The van der Waals surface area contributed by atoms with E-state index in [1.165, 1.54) is 25.7 Å². The summed E-state index contributed by atoms with van der Waals surface area (Å²) in [5.74, 6) is 0.834. The van der Waals surface area contributed by atoms with Gasteiger partial charge in [-0.25, -0.2) is 0 Å². The molecule has 0 aromatic heterocycles. The van der Waals surface area contributed by atoms with E-state index >= 15 is 0 Å². The normalized spacial score (nSPS) is 30.5. The Bertz CT molecular complexity index is 215. The zero-order chi connectivity index (χ0) is 12.9. The van der Waals surface area contributed by atoms with Gasteiger partial charge < -0.3 is 9.47 Å². The van der Waals surface area contributed by atoms with Gasteiger partial charge in [0.2, 0.25) is 0 Å². The lowest BCUT2D eigenvalue weighted by Gasteiger charge is -2.43. The molecule has 0 aromatic carbocycles. The summed E-state index contributed by atoms with van der Waals surface area (Å²) in [6.45, 7) is 8.46. The zero-order valence-corrected chi connectivity index (χ0v) is 13.3. The van der Waals surface area contributed by atoms with Crippen LogP contribution in [-0.4, -0.2) is 31.3 Å². The highest BCUT2D eigenvalue weighted by Crippen LogP contribution is 2.43. The molecule has 0 N–H and O–H groups in total. The van der Waals surface area contributed by atoms with Gasteiger partial charge in [-0.3, -0.25) is 0 Å². The molecule has 1 fully saturated rings. The van der Waals surface area contributed by atoms with E-state index in [-0.39, 0.29) is 5.60 Å². The van der Waals surface area contributed by atoms with Gasteiger partial charge in [0.25, 0.3) is 0 Å². The van der Waals surface area contributed by atoms with Crippen LogP contribution in [0.3, 0.4) is 0 Å². The van der Waals surface area contributed by atoms with Crippen LogP contribution < -0.4 is 0 Å². The Morgan fingerprint density at radius 2 is 1.76 bits per heavy atom. The zero-order valence-electron chi connectivity index (χ0n) is 11.7. The van der Waals surface area contributed by atoms with Crippen LogP contribution in [0, 0.1) is 11.3 Å². The molecule has 0 aliphatic heterocycles. The average Bonchev–Trinajstić information content (AvgIpc) is 2.29. The summed E-state index contributed by atoms with van der Waals surface area (Å²) in [6, 6.07) is 0. The molecule has 0 aromatic rings. The number of methoxy groups -OCH3 is 1. The van der Waals surface area contributed by atoms with Crippen LogP contribution in [0.4, 0.5) is 0 Å². The summed E-state index contributed by atoms with van der Waals surface area (Å²) in [5.41, 5.74) is 0.491. The van der Waals surface area contributed by atoms with Crippen molar-refractivity contribution >= 4 is 15.9 Å². The summed E-state index contributed by atoms with van der Waals surface area (Å²) in [6.07, 6.45) is 4.90. The van der Waals surface area contributed by atoms with Gasteiger partial charge in [0.1, 0.15) is 0 Å². The molecule has 102 valence electrons. The Morgan fingerprint density at radius 3 is 2.18 bits per heavy atom. The van der Waals surface area contributed by atoms with E-state index in [1.54, 1.807) is 7.11 Å². The van der Waals surface area contributed by atoms with Crippen LogP contribution in [0.15, 0.2) is 0 Å². The highest BCUT2D eigenvalue weighted by Gasteiger charge is 2.38. The fourth-order valence-corrected chi connectivity index (χ4v) is 3.39. The van der Waals surface area contributed by atoms with Crippen LogP contribution in [0.1, 0.15) is 46.5 Å². The molecular formula is C14H27BrO2. The van der Waals surface area contributed by atoms with Crippen molar-refractivity contribution in [3.05, 3.63) is 0 Å². The average molecular weight is 307 g/mol. The molecule has 3 heteroatoms. The molecule has 1 rings (SSSR count). The monoisotopic (exact) mass is 306 g/mol. The summed E-state index contributed by atoms with van der Waals surface area (Å²) >= 11 is 3.62. The van der Waals surface area contributed by atoms with Crippen molar-refractivity contribution in [2.75, 3.05) is 25.7 Å². The van der Waals surface area contributed by atoms with E-state index in [1.807, 2.05) is 0 Å². The topological polar surface area (TPSA) is 18.5 Å². The van der Waals surface area contributed by atoms with Gasteiger partial charge in [-0.05, 0) is 37.0 Å². The second-order valence-corrected chi connectivity index (χ2v) is 6.86. The lowest BCUT2D eigenvalue weighted by Crippen LogP contribution is -2.41. The molecule has 0 bridgehead atoms. The number of alkyl halides is 1. The molecule has 1 aliphatic rings. The first-order valence-corrected chi connectivity index (χ1v) is 7.74. The number of hydrogen-bond acceptors (Lipinski definition) is 2. The van der Waals surface area contributed by atoms with Gasteiger partial charge in [0.15, 0.2) is 0 Å². The second-order valence-electron chi connectivity index (χ2n) is 6.30. The minimum Gasteiger partial charge on any atom is -0.382 e. The number of rotatable bonds is 5. The van der Waals surface area contributed by atoms with Gasteiger partial charge in [-0.1, -0.05) is 36.7 Å². The Kier molecular flexibility index (Phi) is 5.94. The number of hydrogen-bond donors (Lipinski definition) is 0. The Labute approximate surface area is 115 Å². The highest BCUT2D eigenvalue weighted by molar-refractivity contribution is 9.09. The molecule has 2 nitrogen and oxygen atoms in total. The quantitative estimate of drug-likeness (QED) is 0.564. The highest BCUT2D eigenvalue weighted by atomic mass is 79.9. The van der Waals surface area contributed by atoms with Crippen molar-refractivity contribution in [2.24, 2.45) is 11.3 Å². The van der Waals surface area contributed by atoms with Crippen LogP contribution in [0.2, 0.25) is 0 Å². The van der Waals surface area contributed by atoms with E-state index in [4.69, 9.17) is 9.47 Å². The van der Waals surface area contributed by atoms with Gasteiger partial charge in [0, 0.05) is 12.4 Å². The third kappa shape index (κ3) is 4.53. The van der Waals surface area contributed by atoms with Crippen LogP contribution in [0.5, 0.6) is 0 Å². The van der Waals surface area contributed by atoms with Gasteiger partial charge >= 0.3 is 0 Å². The first kappa shape index (κ1) is 15.5. The first-order valence-electron chi connectivity index (χ1n) is 6.62. The van der Waals surface area contributed by atoms with Crippen molar-refractivity contribution in [1.82, 2.24) is 0 Å². The SMILES string of the molecule is COCCOC1(CBr)CCC(C(C)(C)C)CC1. The predicted molar refractivity (Wildman–Crippen MR) is 75.8 cm³/mol. The molecule has 17 heavy (non-hydrogen) atoms. The Hall–Kier alpha value is 0.400. The smallest absolute Gasteiger partial charge is 0.0780 e. The molecule has 0 amide bonds. The van der Waals surface area contributed by atoms with Gasteiger partial charge in [0.05, 0.1) is 18.8 Å². The third-order valence-electron chi connectivity index (χ3n) is 4.06. The summed E-state index contributed by atoms with van der Waals surface area (Å²) in [5, 5.41) is 0.945. The molecule has 0 radical (unpaired) electrons. The molecule has 0 heterocycles. The molecule has 0 saturated heterocycles. The number of halogens is 1. The van der Waals surface area contributed by atoms with Gasteiger partial charge in [-0.15, -0.1) is 0 Å². The minimum absolute atomic E-state index is 0.0558. The van der Waals surface area contributed by atoms with Crippen LogP contribution in [0.25, 0.3) is 0 Å². The van der Waals surface area contributed by atoms with E-state index in [9.17, 15) is 0 Å². The van der Waals surface area contributed by atoms with Crippen molar-refractivity contribution in [1.29, 1.82) is 0 Å². The van der Waals surface area contributed by atoms with Gasteiger partial charge in [-0.2, -0.15) is 0 Å². The van der Waals surface area contributed by atoms with Crippen LogP contribution >= 0.6 is 15.9 Å². The maximum atomic E-state index is 6.05. The first-order chi connectivity index (χ1) is 7.93.